The molecule has 1 saturated heterocycles. The van der Waals surface area contributed by atoms with Gasteiger partial charge in [-0.05, 0) is 68.7 Å². The van der Waals surface area contributed by atoms with Crippen molar-refractivity contribution in [2.75, 3.05) is 36.5 Å². The lowest BCUT2D eigenvalue weighted by Crippen LogP contribution is -2.28. The number of hydrogen-bond acceptors (Lipinski definition) is 6. The predicted octanol–water partition coefficient (Wildman–Crippen LogP) is 3.40. The van der Waals surface area contributed by atoms with E-state index in [1.165, 1.54) is 6.07 Å². The third-order valence-corrected chi connectivity index (χ3v) is 6.64. The van der Waals surface area contributed by atoms with E-state index >= 15 is 0 Å². The predicted molar refractivity (Wildman–Crippen MR) is 124 cm³/mol. The van der Waals surface area contributed by atoms with Crippen LogP contribution in [0, 0.1) is 0 Å². The molecule has 3 rings (SSSR count). The number of rotatable bonds is 9. The standard InChI is InChI=1S/C23H29N3O5S/c1-3-13-24-32(29,30)21-16-18(9-12-20(21)26-14-5-6-15-26)22(27)25-19-10-7-17(8-11-19)23(28)31-4-2/h7-12,16,24H,3-6,13-15H2,1-2H3,(H,25,27). The number of carbonyl (C=O) groups is 2. The van der Waals surface area contributed by atoms with Crippen molar-refractivity contribution in [3.63, 3.8) is 0 Å². The Kier molecular flexibility index (Phi) is 7.87. The second kappa shape index (κ2) is 10.6. The highest BCUT2D eigenvalue weighted by atomic mass is 32.2. The topological polar surface area (TPSA) is 105 Å². The number of amides is 1. The zero-order valence-corrected chi connectivity index (χ0v) is 19.2. The summed E-state index contributed by atoms with van der Waals surface area (Å²) in [4.78, 5) is 26.7. The van der Waals surface area contributed by atoms with Crippen LogP contribution in [0.15, 0.2) is 47.4 Å². The summed E-state index contributed by atoms with van der Waals surface area (Å²) in [5.41, 5.74) is 1.72. The monoisotopic (exact) mass is 459 g/mol. The van der Waals surface area contributed by atoms with E-state index in [4.69, 9.17) is 4.74 Å². The number of carbonyl (C=O) groups excluding carboxylic acids is 2. The fourth-order valence-corrected chi connectivity index (χ4v) is 4.89. The van der Waals surface area contributed by atoms with Crippen LogP contribution in [-0.4, -0.2) is 46.5 Å². The minimum absolute atomic E-state index is 0.109. The Bertz CT molecular complexity index is 1060. The molecule has 8 nitrogen and oxygen atoms in total. The first-order valence-corrected chi connectivity index (χ1v) is 12.3. The van der Waals surface area contributed by atoms with Crippen LogP contribution in [0.4, 0.5) is 11.4 Å². The Hall–Kier alpha value is -2.91. The van der Waals surface area contributed by atoms with Crippen LogP contribution >= 0.6 is 0 Å². The second-order valence-corrected chi connectivity index (χ2v) is 9.26. The third kappa shape index (κ3) is 5.66. The van der Waals surface area contributed by atoms with Crippen molar-refractivity contribution >= 4 is 33.3 Å². The lowest BCUT2D eigenvalue weighted by molar-refractivity contribution is 0.0526. The minimum Gasteiger partial charge on any atom is -0.462 e. The Morgan fingerprint density at radius 1 is 1.00 bits per heavy atom. The molecule has 2 aromatic rings. The van der Waals surface area contributed by atoms with Gasteiger partial charge in [0.1, 0.15) is 4.90 Å². The molecule has 1 aliphatic rings. The molecule has 32 heavy (non-hydrogen) atoms. The van der Waals surface area contributed by atoms with Crippen molar-refractivity contribution in [3.8, 4) is 0 Å². The normalized spacial score (nSPS) is 13.8. The summed E-state index contributed by atoms with van der Waals surface area (Å²) in [5, 5.41) is 2.75. The molecule has 9 heteroatoms. The van der Waals surface area contributed by atoms with Gasteiger partial charge in [-0.3, -0.25) is 4.79 Å². The van der Waals surface area contributed by atoms with Crippen molar-refractivity contribution in [3.05, 3.63) is 53.6 Å². The maximum atomic E-state index is 12.9. The van der Waals surface area contributed by atoms with E-state index in [0.29, 0.717) is 29.9 Å². The average molecular weight is 460 g/mol. The lowest BCUT2D eigenvalue weighted by atomic mass is 10.1. The van der Waals surface area contributed by atoms with E-state index in [1.807, 2.05) is 11.8 Å². The van der Waals surface area contributed by atoms with Gasteiger partial charge in [0, 0.05) is 30.9 Å². The van der Waals surface area contributed by atoms with Crippen molar-refractivity contribution < 1.29 is 22.7 Å². The molecule has 1 aliphatic heterocycles. The molecule has 1 fully saturated rings. The summed E-state index contributed by atoms with van der Waals surface area (Å²) >= 11 is 0. The number of sulfonamides is 1. The third-order valence-electron chi connectivity index (χ3n) is 5.15. The molecule has 172 valence electrons. The van der Waals surface area contributed by atoms with Gasteiger partial charge in [-0.2, -0.15) is 0 Å². The van der Waals surface area contributed by atoms with E-state index in [1.54, 1.807) is 43.3 Å². The minimum atomic E-state index is -3.76. The van der Waals surface area contributed by atoms with Crippen LogP contribution in [0.1, 0.15) is 53.8 Å². The van der Waals surface area contributed by atoms with E-state index in [9.17, 15) is 18.0 Å². The molecule has 2 aromatic carbocycles. The SMILES string of the molecule is CCCNS(=O)(=O)c1cc(C(=O)Nc2ccc(C(=O)OCC)cc2)ccc1N1CCCC1. The molecule has 1 heterocycles. The average Bonchev–Trinajstić information content (AvgIpc) is 3.33. The van der Waals surface area contributed by atoms with Gasteiger partial charge in [0.15, 0.2) is 0 Å². The van der Waals surface area contributed by atoms with Crippen molar-refractivity contribution in [2.24, 2.45) is 0 Å². The first kappa shape index (κ1) is 23.7. The van der Waals surface area contributed by atoms with E-state index in [-0.39, 0.29) is 17.1 Å². The van der Waals surface area contributed by atoms with Crippen LogP contribution in [-0.2, 0) is 14.8 Å². The van der Waals surface area contributed by atoms with Gasteiger partial charge in [0.25, 0.3) is 5.91 Å². The van der Waals surface area contributed by atoms with Gasteiger partial charge in [0.2, 0.25) is 10.0 Å². The molecule has 2 N–H and O–H groups in total. The summed E-state index contributed by atoms with van der Waals surface area (Å²) in [6, 6.07) is 11.1. The van der Waals surface area contributed by atoms with Gasteiger partial charge in [-0.25, -0.2) is 17.9 Å². The van der Waals surface area contributed by atoms with Crippen LogP contribution < -0.4 is 14.9 Å². The summed E-state index contributed by atoms with van der Waals surface area (Å²) in [6.45, 7) is 5.80. The van der Waals surface area contributed by atoms with Crippen LogP contribution in [0.3, 0.4) is 0 Å². The molecular weight excluding hydrogens is 430 g/mol. The molecule has 0 unspecified atom stereocenters. The maximum absolute atomic E-state index is 12.9. The molecule has 0 atom stereocenters. The first-order valence-electron chi connectivity index (χ1n) is 10.8. The molecule has 0 spiro atoms. The molecule has 0 bridgehead atoms. The summed E-state index contributed by atoms with van der Waals surface area (Å²) in [6.07, 6.45) is 2.68. The summed E-state index contributed by atoms with van der Waals surface area (Å²) in [5.74, 6) is -0.869. The van der Waals surface area contributed by atoms with E-state index in [2.05, 4.69) is 10.0 Å². The molecule has 0 radical (unpaired) electrons. The van der Waals surface area contributed by atoms with Crippen LogP contribution in [0.2, 0.25) is 0 Å². The highest BCUT2D eigenvalue weighted by molar-refractivity contribution is 7.89. The van der Waals surface area contributed by atoms with Crippen LogP contribution in [0.5, 0.6) is 0 Å². The molecule has 0 aromatic heterocycles. The Morgan fingerprint density at radius 2 is 1.66 bits per heavy atom. The van der Waals surface area contributed by atoms with E-state index < -0.39 is 21.9 Å². The zero-order valence-electron chi connectivity index (χ0n) is 18.4. The zero-order chi connectivity index (χ0) is 23.1. The van der Waals surface area contributed by atoms with Crippen molar-refractivity contribution in [2.45, 2.75) is 38.0 Å². The molecular formula is C23H29N3O5S. The van der Waals surface area contributed by atoms with Crippen LogP contribution in [0.25, 0.3) is 0 Å². The molecule has 1 amide bonds. The van der Waals surface area contributed by atoms with Crippen molar-refractivity contribution in [1.29, 1.82) is 0 Å². The van der Waals surface area contributed by atoms with Crippen molar-refractivity contribution in [1.82, 2.24) is 4.72 Å². The van der Waals surface area contributed by atoms with E-state index in [0.717, 1.165) is 25.9 Å². The number of hydrogen-bond donors (Lipinski definition) is 2. The number of benzene rings is 2. The van der Waals surface area contributed by atoms with Gasteiger partial charge < -0.3 is 15.0 Å². The first-order chi connectivity index (χ1) is 15.4. The molecule has 0 aliphatic carbocycles. The number of anilines is 2. The lowest BCUT2D eigenvalue weighted by Gasteiger charge is -2.22. The fourth-order valence-electron chi connectivity index (χ4n) is 3.51. The Balaban J connectivity index is 1.84. The van der Waals surface area contributed by atoms with Gasteiger partial charge in [0.05, 0.1) is 17.9 Å². The second-order valence-electron chi connectivity index (χ2n) is 7.53. The Labute approximate surface area is 189 Å². The number of ether oxygens (including phenoxy) is 1. The van der Waals surface area contributed by atoms with Gasteiger partial charge in [-0.1, -0.05) is 6.92 Å². The quantitative estimate of drug-likeness (QED) is 0.557. The molecule has 0 saturated carbocycles. The van der Waals surface area contributed by atoms with Gasteiger partial charge in [-0.15, -0.1) is 0 Å². The summed E-state index contributed by atoms with van der Waals surface area (Å²) in [7, 11) is -3.76. The van der Waals surface area contributed by atoms with Gasteiger partial charge >= 0.3 is 5.97 Å². The maximum Gasteiger partial charge on any atom is 0.338 e. The number of nitrogens with one attached hydrogen (secondary N) is 2. The smallest absolute Gasteiger partial charge is 0.338 e. The summed E-state index contributed by atoms with van der Waals surface area (Å²) < 4.78 is 33.4. The fraction of sp³-hybridized carbons (Fsp3) is 0.391. The largest absolute Gasteiger partial charge is 0.462 e. The highest BCUT2D eigenvalue weighted by Gasteiger charge is 2.25. The highest BCUT2D eigenvalue weighted by Crippen LogP contribution is 2.29. The number of esters is 1. The number of nitrogens with zero attached hydrogens (tertiary/aromatic N) is 1. The Morgan fingerprint density at radius 3 is 2.28 bits per heavy atom.